The van der Waals surface area contributed by atoms with E-state index in [-0.39, 0.29) is 0 Å². The number of nitrogens with one attached hydrogen (secondary N) is 2. The molecule has 1 aromatic rings. The van der Waals surface area contributed by atoms with E-state index in [0.29, 0.717) is 11.8 Å². The molecule has 0 aliphatic carbocycles. The van der Waals surface area contributed by atoms with Gasteiger partial charge in [-0.25, -0.2) is 4.98 Å². The van der Waals surface area contributed by atoms with Gasteiger partial charge in [-0.2, -0.15) is 4.98 Å². The van der Waals surface area contributed by atoms with Crippen molar-refractivity contribution in [3.8, 4) is 0 Å². The fourth-order valence-corrected chi connectivity index (χ4v) is 1.09. The molecular weight excluding hydrogens is 212 g/mol. The Bertz CT molecular complexity index is 322. The van der Waals surface area contributed by atoms with Gasteiger partial charge in [0, 0.05) is 13.2 Å². The zero-order chi connectivity index (χ0) is 12.0. The summed E-state index contributed by atoms with van der Waals surface area (Å²) in [6, 6.07) is 1.58. The van der Waals surface area contributed by atoms with Crippen LogP contribution in [0.2, 0.25) is 0 Å². The first kappa shape index (κ1) is 12.6. The average molecular weight is 228 g/mol. The normalized spacial score (nSPS) is 11.2. The molecule has 0 aliphatic heterocycles. The van der Waals surface area contributed by atoms with Crippen molar-refractivity contribution in [1.82, 2.24) is 9.97 Å². The van der Waals surface area contributed by atoms with Gasteiger partial charge in [0.05, 0.1) is 19.8 Å². The highest BCUT2D eigenvalue weighted by Crippen LogP contribution is 2.13. The van der Waals surface area contributed by atoms with E-state index in [0.717, 1.165) is 0 Å². The lowest BCUT2D eigenvalue weighted by Gasteiger charge is -2.29. The summed E-state index contributed by atoms with van der Waals surface area (Å²) in [7, 11) is 1.68. The number of rotatable bonds is 6. The van der Waals surface area contributed by atoms with Crippen molar-refractivity contribution in [2.75, 3.05) is 37.5 Å². The molecule has 0 amide bonds. The molecule has 0 saturated carbocycles. The van der Waals surface area contributed by atoms with Gasteiger partial charge in [0.15, 0.2) is 0 Å². The van der Waals surface area contributed by atoms with Crippen LogP contribution >= 0.6 is 0 Å². The van der Waals surface area contributed by atoms with Crippen LogP contribution in [0.25, 0.3) is 0 Å². The SMILES string of the molecule is CNc1nccc(NC(CO)(CO)CO)n1. The number of aliphatic hydroxyl groups excluding tert-OH is 3. The summed E-state index contributed by atoms with van der Waals surface area (Å²) >= 11 is 0. The smallest absolute Gasteiger partial charge is 0.224 e. The molecule has 7 heteroatoms. The fourth-order valence-electron chi connectivity index (χ4n) is 1.09. The number of aliphatic hydroxyl groups is 3. The van der Waals surface area contributed by atoms with Crippen LogP contribution in [0.1, 0.15) is 0 Å². The standard InChI is InChI=1S/C9H16N4O3/c1-10-8-11-3-2-7(12-8)13-9(4-14,5-15)6-16/h2-3,14-16H,4-6H2,1H3,(H2,10,11,12,13). The maximum absolute atomic E-state index is 9.12. The van der Waals surface area contributed by atoms with E-state index in [1.165, 1.54) is 6.20 Å². The molecule has 16 heavy (non-hydrogen) atoms. The minimum atomic E-state index is -1.18. The highest BCUT2D eigenvalue weighted by molar-refractivity contribution is 5.41. The Morgan fingerprint density at radius 2 is 1.88 bits per heavy atom. The molecule has 0 atom stereocenters. The minimum Gasteiger partial charge on any atom is -0.394 e. The second-order valence-electron chi connectivity index (χ2n) is 3.40. The largest absolute Gasteiger partial charge is 0.394 e. The van der Waals surface area contributed by atoms with Gasteiger partial charge in [-0.3, -0.25) is 0 Å². The zero-order valence-corrected chi connectivity index (χ0v) is 9.01. The first-order valence-electron chi connectivity index (χ1n) is 4.81. The fraction of sp³-hybridized carbons (Fsp3) is 0.556. The third-order valence-electron chi connectivity index (χ3n) is 2.18. The van der Waals surface area contributed by atoms with Crippen molar-refractivity contribution in [3.05, 3.63) is 12.3 Å². The summed E-state index contributed by atoms with van der Waals surface area (Å²) in [5.41, 5.74) is -1.18. The van der Waals surface area contributed by atoms with Crippen LogP contribution in [-0.2, 0) is 0 Å². The van der Waals surface area contributed by atoms with Gasteiger partial charge in [0.2, 0.25) is 5.95 Å². The monoisotopic (exact) mass is 228 g/mol. The van der Waals surface area contributed by atoms with Crippen LogP contribution in [0.15, 0.2) is 12.3 Å². The maximum Gasteiger partial charge on any atom is 0.224 e. The van der Waals surface area contributed by atoms with Gasteiger partial charge < -0.3 is 26.0 Å². The molecule has 0 spiro atoms. The van der Waals surface area contributed by atoms with Crippen molar-refractivity contribution < 1.29 is 15.3 Å². The van der Waals surface area contributed by atoms with Gasteiger partial charge >= 0.3 is 0 Å². The summed E-state index contributed by atoms with van der Waals surface area (Å²) in [6.45, 7) is -1.21. The van der Waals surface area contributed by atoms with Crippen LogP contribution in [0.5, 0.6) is 0 Å². The maximum atomic E-state index is 9.12. The summed E-state index contributed by atoms with van der Waals surface area (Å²) < 4.78 is 0. The number of aromatic nitrogens is 2. The summed E-state index contributed by atoms with van der Waals surface area (Å²) in [6.07, 6.45) is 1.53. The number of anilines is 2. The van der Waals surface area contributed by atoms with Crippen LogP contribution in [0.3, 0.4) is 0 Å². The van der Waals surface area contributed by atoms with Crippen molar-refractivity contribution in [2.24, 2.45) is 0 Å². The minimum absolute atomic E-state index is 0.404. The molecule has 90 valence electrons. The van der Waals surface area contributed by atoms with Crippen molar-refractivity contribution in [2.45, 2.75) is 5.54 Å². The summed E-state index contributed by atoms with van der Waals surface area (Å²) in [5.74, 6) is 0.823. The van der Waals surface area contributed by atoms with Crippen molar-refractivity contribution >= 4 is 11.8 Å². The topological polar surface area (TPSA) is 111 Å². The Balaban J connectivity index is 2.84. The van der Waals surface area contributed by atoms with Crippen molar-refractivity contribution in [1.29, 1.82) is 0 Å². The van der Waals surface area contributed by atoms with Crippen LogP contribution < -0.4 is 10.6 Å². The van der Waals surface area contributed by atoms with E-state index >= 15 is 0 Å². The van der Waals surface area contributed by atoms with Gasteiger partial charge in [-0.1, -0.05) is 0 Å². The predicted molar refractivity (Wildman–Crippen MR) is 59.2 cm³/mol. The number of hydrogen-bond donors (Lipinski definition) is 5. The Hall–Kier alpha value is -1.44. The molecule has 7 nitrogen and oxygen atoms in total. The molecule has 0 aromatic carbocycles. The zero-order valence-electron chi connectivity index (χ0n) is 9.01. The van der Waals surface area contributed by atoms with Gasteiger partial charge in [-0.05, 0) is 6.07 Å². The summed E-state index contributed by atoms with van der Waals surface area (Å²) in [4.78, 5) is 7.97. The second kappa shape index (κ2) is 5.59. The molecule has 0 saturated heterocycles. The Kier molecular flexibility index (Phi) is 4.41. The molecule has 0 aliphatic rings. The van der Waals surface area contributed by atoms with E-state index in [2.05, 4.69) is 20.6 Å². The molecule has 0 fully saturated rings. The van der Waals surface area contributed by atoms with Crippen LogP contribution in [0.4, 0.5) is 11.8 Å². The Morgan fingerprint density at radius 3 is 2.38 bits per heavy atom. The number of hydrogen-bond acceptors (Lipinski definition) is 7. The average Bonchev–Trinajstić information content (AvgIpc) is 2.36. The van der Waals surface area contributed by atoms with Crippen LogP contribution in [0, 0.1) is 0 Å². The van der Waals surface area contributed by atoms with Crippen molar-refractivity contribution in [3.63, 3.8) is 0 Å². The quantitative estimate of drug-likeness (QED) is 0.409. The highest BCUT2D eigenvalue weighted by Gasteiger charge is 2.28. The molecule has 5 N–H and O–H groups in total. The van der Waals surface area contributed by atoms with Gasteiger partial charge in [0.25, 0.3) is 0 Å². The highest BCUT2D eigenvalue weighted by atomic mass is 16.3. The first-order chi connectivity index (χ1) is 7.69. The molecule has 1 rings (SSSR count). The van der Waals surface area contributed by atoms with E-state index in [1.807, 2.05) is 0 Å². The third kappa shape index (κ3) is 2.78. The van der Waals surface area contributed by atoms with Gasteiger partial charge in [-0.15, -0.1) is 0 Å². The molecule has 0 radical (unpaired) electrons. The van der Waals surface area contributed by atoms with E-state index < -0.39 is 25.4 Å². The Labute approximate surface area is 93.2 Å². The molecule has 0 bridgehead atoms. The second-order valence-corrected chi connectivity index (χ2v) is 3.40. The first-order valence-corrected chi connectivity index (χ1v) is 4.81. The van der Waals surface area contributed by atoms with Gasteiger partial charge in [0.1, 0.15) is 11.4 Å². The van der Waals surface area contributed by atoms with E-state index in [1.54, 1.807) is 13.1 Å². The van der Waals surface area contributed by atoms with E-state index in [9.17, 15) is 0 Å². The van der Waals surface area contributed by atoms with Crippen LogP contribution in [-0.4, -0.2) is 57.7 Å². The number of nitrogens with zero attached hydrogens (tertiary/aromatic N) is 2. The Morgan fingerprint density at radius 1 is 1.25 bits per heavy atom. The predicted octanol–water partition coefficient (Wildman–Crippen LogP) is -1.35. The molecule has 1 aromatic heterocycles. The molecule has 0 unspecified atom stereocenters. The lowest BCUT2D eigenvalue weighted by molar-refractivity contribution is 0.0831. The lowest BCUT2D eigenvalue weighted by Crippen LogP contribution is -2.49. The summed E-state index contributed by atoms with van der Waals surface area (Å²) in [5, 5.41) is 32.9. The molecule has 1 heterocycles. The molecular formula is C9H16N4O3. The lowest BCUT2D eigenvalue weighted by atomic mass is 10.0. The third-order valence-corrected chi connectivity index (χ3v) is 2.18. The van der Waals surface area contributed by atoms with E-state index in [4.69, 9.17) is 15.3 Å².